The van der Waals surface area contributed by atoms with Gasteiger partial charge in [0.05, 0.1) is 38.2 Å². The fraction of sp³-hybridized carbons (Fsp3) is 0.459. The summed E-state index contributed by atoms with van der Waals surface area (Å²) in [5, 5.41) is 37.0. The molecule has 3 fully saturated rings. The Morgan fingerprint density at radius 3 is 1.72 bits per heavy atom. The first-order valence-electron chi connectivity index (χ1n) is 21.6. The van der Waals surface area contributed by atoms with Crippen LogP contribution in [0.5, 0.6) is 0 Å². The van der Waals surface area contributed by atoms with Crippen LogP contribution >= 0.6 is 23.5 Å². The number of nitrogens with two attached hydrogens (primary N) is 4. The predicted molar refractivity (Wildman–Crippen MR) is 245 cm³/mol. The van der Waals surface area contributed by atoms with Crippen molar-refractivity contribution >= 4 is 58.0 Å². The second-order valence-corrected chi connectivity index (χ2v) is 20.7. The first kappa shape index (κ1) is 54.7. The van der Waals surface area contributed by atoms with E-state index in [0.29, 0.717) is 14.7 Å². The van der Waals surface area contributed by atoms with Gasteiger partial charge in [0.15, 0.2) is 30.1 Å². The van der Waals surface area contributed by atoms with Crippen LogP contribution in [0.25, 0.3) is 11.2 Å². The molecule has 1 amide bonds. The number of carbonyl (C=O) groups is 1. The smallest absolute Gasteiger partial charge is 0.386 e. The van der Waals surface area contributed by atoms with Gasteiger partial charge < -0.3 is 77.4 Å². The van der Waals surface area contributed by atoms with E-state index in [0.717, 1.165) is 30.9 Å². The Morgan fingerprint density at radius 2 is 1.19 bits per heavy atom. The molecule has 0 saturated carbocycles. The Kier molecular flexibility index (Phi) is 16.2. The molecule has 74 heavy (non-hydrogen) atoms. The Balaban J connectivity index is 1.01. The van der Waals surface area contributed by atoms with Crippen LogP contribution in [0.15, 0.2) is 77.1 Å². The number of carbonyl (C=O) groups excluding carboxylic acids is 1. The minimum Gasteiger partial charge on any atom is -0.386 e. The zero-order valence-corrected chi connectivity index (χ0v) is 40.4. The monoisotopic (exact) mass is 1100 g/mol. The summed E-state index contributed by atoms with van der Waals surface area (Å²) in [5.41, 5.74) is 22.1. The number of nitrogens with zero attached hydrogens (tertiary/aromatic N) is 8. The van der Waals surface area contributed by atoms with Crippen molar-refractivity contribution in [3.63, 3.8) is 0 Å². The Bertz CT molecular complexity index is 3100. The Hall–Kier alpha value is -5.55. The van der Waals surface area contributed by atoms with Crippen molar-refractivity contribution in [3.05, 3.63) is 94.0 Å². The van der Waals surface area contributed by atoms with Crippen molar-refractivity contribution in [2.24, 2.45) is 5.73 Å². The fourth-order valence-corrected chi connectivity index (χ4v) is 10.4. The molecule has 8 rings (SSSR count). The van der Waals surface area contributed by atoms with Crippen molar-refractivity contribution < 1.29 is 90.2 Å². The lowest BCUT2D eigenvalue weighted by Gasteiger charge is -2.26. The van der Waals surface area contributed by atoms with Crippen molar-refractivity contribution in [1.29, 1.82) is 0 Å². The van der Waals surface area contributed by atoms with Gasteiger partial charge in [0.2, 0.25) is 5.91 Å². The third-order valence-electron chi connectivity index (χ3n) is 11.6. The molecular formula is C37H48N13O21P3. The molecule has 5 aromatic rings. The van der Waals surface area contributed by atoms with Gasteiger partial charge >= 0.3 is 34.8 Å². The maximum Gasteiger partial charge on any atom is 0.472 e. The zero-order valence-electron chi connectivity index (χ0n) is 37.8. The lowest BCUT2D eigenvalue weighted by atomic mass is 10.0. The second-order valence-electron chi connectivity index (χ2n) is 16.6. The number of phosphoric ester groups is 3. The number of phosphoric acid groups is 3. The highest BCUT2D eigenvalue weighted by molar-refractivity contribution is 7.47. The average molecular weight is 1100 g/mol. The lowest BCUT2D eigenvalue weighted by molar-refractivity contribution is -0.124. The molecule has 0 bridgehead atoms. The first-order chi connectivity index (χ1) is 34.9. The molecule has 3 aliphatic heterocycles. The first-order valence-corrected chi connectivity index (χ1v) is 26.1. The third kappa shape index (κ3) is 12.4. The summed E-state index contributed by atoms with van der Waals surface area (Å²) in [5.74, 6) is -1.28. The molecule has 4 aromatic heterocycles. The molecule has 37 heteroatoms. The molecule has 34 nitrogen and oxygen atoms in total. The number of hydrogen-bond donors (Lipinski definition) is 12. The van der Waals surface area contributed by atoms with Crippen LogP contribution in [0.2, 0.25) is 0 Å². The zero-order chi connectivity index (χ0) is 53.4. The summed E-state index contributed by atoms with van der Waals surface area (Å²) >= 11 is 0. The normalized spacial score (nSPS) is 29.2. The van der Waals surface area contributed by atoms with Crippen LogP contribution in [0.1, 0.15) is 24.2 Å². The van der Waals surface area contributed by atoms with E-state index in [-0.39, 0.29) is 35.0 Å². The van der Waals surface area contributed by atoms with Crippen LogP contribution < -0.4 is 39.6 Å². The highest BCUT2D eigenvalue weighted by Crippen LogP contribution is 2.52. The molecule has 2 unspecified atom stereocenters. The van der Waals surface area contributed by atoms with E-state index in [4.69, 9.17) is 55.2 Å². The van der Waals surface area contributed by atoms with E-state index in [1.807, 2.05) is 0 Å². The predicted octanol–water partition coefficient (Wildman–Crippen LogP) is -3.97. The SMILES string of the molecule is Nc1ccn([C@@H]2O[C@H](COP(=O)(O)O[C@H]3[C@@H](O)[C@H](n4ccc(N)nc4=O)O[C@@H]3CO[32P](=O)(O)O)[C@@H](OP(=O)(O)OC[C@H]3O[C@@H](n4cnc5c(N)ncnc54)[C@H](O)[C@@H]3NC(=O)[C@@H](N)Cc3ccccc3)[C@H]2O)c(=O)n1. The maximum absolute atomic E-state index is 13.9. The van der Waals surface area contributed by atoms with Gasteiger partial charge in [-0.15, -0.1) is 0 Å². The topological polar surface area (TPSA) is 513 Å². The maximum atomic E-state index is 13.9. The van der Waals surface area contributed by atoms with Gasteiger partial charge in [0.1, 0.15) is 72.3 Å². The Morgan fingerprint density at radius 1 is 0.689 bits per heavy atom. The van der Waals surface area contributed by atoms with Crippen LogP contribution in [0.3, 0.4) is 0 Å². The lowest BCUT2D eigenvalue weighted by Crippen LogP contribution is -2.53. The number of ether oxygens (including phenoxy) is 3. The number of rotatable bonds is 20. The molecular weight excluding hydrogens is 1060 g/mol. The molecule has 3 aliphatic rings. The standard InChI is InChI=1S/C37H48N13O21P3/c38-17(10-16-4-2-1-3-5-16)32(54)47-23-18(67-33(25(23)51)50-15-44-24-30(41)42-14-43-31(24)50)11-65-73(60,61)71-29-20(69-35(27(29)53)49-9-7-22(40)46-37(49)56)13-66-74(62,63)70-28-19(12-64-72(57,58)59)68-34(26(28)52)48-8-6-21(39)45-36(48)55/h1-9,14-15,17-20,23,25-29,33-35,51-53H,10-13,38H2,(H,47,54)(H,60,61)(H,62,63)(H2,39,45,55)(H2,40,46,56)(H2,41,42,43)(H2,57,58,59)/t17-,18+,19+,20+,23+,25+,26+,27+,28+,29+,33+,34+,35+/m0/s1/i72+1. The molecule has 1 aromatic carbocycles. The summed E-state index contributed by atoms with van der Waals surface area (Å²) in [4.78, 5) is 99.1. The number of amides is 1. The van der Waals surface area contributed by atoms with E-state index in [9.17, 15) is 63.0 Å². The van der Waals surface area contributed by atoms with Gasteiger partial charge in [-0.1, -0.05) is 30.3 Å². The van der Waals surface area contributed by atoms with Crippen molar-refractivity contribution in [2.75, 3.05) is 37.0 Å². The summed E-state index contributed by atoms with van der Waals surface area (Å²) in [6.07, 6.45) is -15.9. The van der Waals surface area contributed by atoms with Crippen molar-refractivity contribution in [1.82, 2.24) is 43.9 Å². The molecule has 0 spiro atoms. The highest BCUT2D eigenvalue weighted by atomic mass is 32.2. The number of hydrogen-bond acceptors (Lipinski definition) is 26. The fourth-order valence-electron chi connectivity index (χ4n) is 8.12. The number of aromatic nitrogens is 8. The average Bonchev–Trinajstić information content (AvgIpc) is 4.06. The Labute approximate surface area is 414 Å². The molecule has 0 aliphatic carbocycles. The van der Waals surface area contributed by atoms with Crippen molar-refractivity contribution in [3.8, 4) is 0 Å². The highest BCUT2D eigenvalue weighted by Gasteiger charge is 2.54. The molecule has 402 valence electrons. The summed E-state index contributed by atoms with van der Waals surface area (Å²) < 4.78 is 84.6. The van der Waals surface area contributed by atoms with Crippen molar-refractivity contribution in [2.45, 2.75) is 86.0 Å². The van der Waals surface area contributed by atoms with E-state index >= 15 is 0 Å². The number of aliphatic hydroxyl groups is 3. The van der Waals surface area contributed by atoms with E-state index in [1.54, 1.807) is 30.3 Å². The van der Waals surface area contributed by atoms with Gasteiger partial charge in [0.25, 0.3) is 0 Å². The summed E-state index contributed by atoms with van der Waals surface area (Å²) in [7, 11) is -16.4. The van der Waals surface area contributed by atoms with E-state index in [1.165, 1.54) is 10.9 Å². The van der Waals surface area contributed by atoms with Gasteiger partial charge in [-0.25, -0.2) is 38.2 Å². The van der Waals surface area contributed by atoms with Crippen LogP contribution in [0.4, 0.5) is 17.5 Å². The number of nitrogens with one attached hydrogen (secondary N) is 1. The van der Waals surface area contributed by atoms with Crippen LogP contribution in [0, 0.1) is 0 Å². The number of fused-ring (bicyclic) bond motifs is 1. The largest absolute Gasteiger partial charge is 0.472 e. The molecule has 16 N–H and O–H groups in total. The quantitative estimate of drug-likeness (QED) is 0.0331. The van der Waals surface area contributed by atoms with Crippen LogP contribution in [-0.4, -0.2) is 160 Å². The second kappa shape index (κ2) is 22.0. The summed E-state index contributed by atoms with van der Waals surface area (Å²) in [6.45, 7) is -3.28. The van der Waals surface area contributed by atoms with E-state index < -0.39 is 140 Å². The summed E-state index contributed by atoms with van der Waals surface area (Å²) in [6, 6.07) is 8.36. The molecule has 7 heterocycles. The van der Waals surface area contributed by atoms with Crippen LogP contribution in [-0.2, 0) is 61.7 Å². The molecule has 15 atom stereocenters. The molecule has 3 saturated heterocycles. The van der Waals surface area contributed by atoms with E-state index in [2.05, 4.69) is 34.8 Å². The van der Waals surface area contributed by atoms with Gasteiger partial charge in [-0.05, 0) is 24.1 Å². The minimum absolute atomic E-state index is 0.0188. The molecule has 0 radical (unpaired) electrons. The number of benzene rings is 1. The minimum atomic E-state index is -5.60. The number of anilines is 3. The number of nitrogen functional groups attached to an aromatic ring is 3. The van der Waals surface area contributed by atoms with Gasteiger partial charge in [0, 0.05) is 12.4 Å². The third-order valence-corrected chi connectivity index (χ3v) is 14.0. The number of aliphatic hydroxyl groups excluding tert-OH is 3. The van der Waals surface area contributed by atoms with Gasteiger partial charge in [-0.3, -0.25) is 41.1 Å². The van der Waals surface area contributed by atoms with Gasteiger partial charge in [-0.2, -0.15) is 9.97 Å². The number of imidazole rings is 1.